The Balaban J connectivity index is 0.000000371. The minimum absolute atomic E-state index is 0.942. The van der Waals surface area contributed by atoms with Crippen LogP contribution in [0.15, 0.2) is 11.4 Å². The highest BCUT2D eigenvalue weighted by atomic mass is 32.1. The molecule has 0 spiro atoms. The van der Waals surface area contributed by atoms with E-state index >= 15 is 0 Å². The summed E-state index contributed by atoms with van der Waals surface area (Å²) in [6.07, 6.45) is 1.06. The van der Waals surface area contributed by atoms with Gasteiger partial charge in [0, 0.05) is 0 Å². The van der Waals surface area contributed by atoms with Gasteiger partial charge in [-0.05, 0) is 16.7 Å². The first-order valence-electron chi connectivity index (χ1n) is 3.66. The van der Waals surface area contributed by atoms with Crippen LogP contribution in [-0.4, -0.2) is 7.85 Å². The van der Waals surface area contributed by atoms with Gasteiger partial charge in [-0.2, -0.15) is 0 Å². The van der Waals surface area contributed by atoms with E-state index in [9.17, 15) is 0 Å². The first-order chi connectivity index (χ1) is 4.84. The van der Waals surface area contributed by atoms with E-state index in [2.05, 4.69) is 6.92 Å². The summed E-state index contributed by atoms with van der Waals surface area (Å²) >= 11 is 1.72. The van der Waals surface area contributed by atoms with Gasteiger partial charge in [0.25, 0.3) is 0 Å². The number of hydrogen-bond donors (Lipinski definition) is 0. The lowest BCUT2D eigenvalue weighted by Gasteiger charge is -1.88. The van der Waals surface area contributed by atoms with E-state index in [-0.39, 0.29) is 0 Å². The van der Waals surface area contributed by atoms with Crippen LogP contribution in [0.2, 0.25) is 0 Å². The molecule has 10 heavy (non-hydrogen) atoms. The maximum Gasteiger partial charge on any atom is 0.115 e. The minimum Gasteiger partial charge on any atom is -0.150 e. The first kappa shape index (κ1) is 9.76. The van der Waals surface area contributed by atoms with Crippen LogP contribution in [0.5, 0.6) is 0 Å². The van der Waals surface area contributed by atoms with E-state index in [4.69, 9.17) is 7.85 Å². The monoisotopic (exact) mass is 152 g/mol. The number of rotatable bonds is 1. The second-order valence-corrected chi connectivity index (χ2v) is 2.65. The largest absolute Gasteiger partial charge is 0.150 e. The minimum atomic E-state index is 0.942. The van der Waals surface area contributed by atoms with Gasteiger partial charge in [-0.25, -0.2) is 0 Å². The molecular formula is C8H13BS. The Bertz CT molecular complexity index is 170. The van der Waals surface area contributed by atoms with E-state index < -0.39 is 0 Å². The van der Waals surface area contributed by atoms with Crippen LogP contribution in [0, 0.1) is 0 Å². The van der Waals surface area contributed by atoms with Gasteiger partial charge in [0.15, 0.2) is 0 Å². The van der Waals surface area contributed by atoms with Crippen LogP contribution in [0.4, 0.5) is 0 Å². The van der Waals surface area contributed by atoms with Gasteiger partial charge in [0.1, 0.15) is 7.85 Å². The van der Waals surface area contributed by atoms with Crippen molar-refractivity contribution in [3.05, 3.63) is 16.3 Å². The lowest BCUT2D eigenvalue weighted by atomic mass is 9.97. The second-order valence-electron chi connectivity index (χ2n) is 1.65. The molecule has 0 atom stereocenters. The summed E-state index contributed by atoms with van der Waals surface area (Å²) in [7, 11) is 5.56. The number of thiophene rings is 1. The Morgan fingerprint density at radius 1 is 1.50 bits per heavy atom. The molecule has 0 aliphatic heterocycles. The van der Waals surface area contributed by atoms with Gasteiger partial charge < -0.3 is 0 Å². The van der Waals surface area contributed by atoms with Gasteiger partial charge in [-0.3, -0.25) is 0 Å². The maximum absolute atomic E-state index is 5.56. The molecule has 0 saturated heterocycles. The first-order valence-corrected chi connectivity index (χ1v) is 4.54. The number of hydrogen-bond acceptors (Lipinski definition) is 1. The molecule has 0 fully saturated rings. The summed E-state index contributed by atoms with van der Waals surface area (Å²) < 4.78 is 0. The van der Waals surface area contributed by atoms with Crippen LogP contribution < -0.4 is 5.46 Å². The fourth-order valence-electron chi connectivity index (χ4n) is 0.638. The third kappa shape index (κ3) is 2.57. The van der Waals surface area contributed by atoms with Crippen molar-refractivity contribution in [3.8, 4) is 0 Å². The molecule has 1 heterocycles. The highest BCUT2D eigenvalue weighted by molar-refractivity contribution is 7.11. The Kier molecular flexibility index (Phi) is 5.41. The molecule has 0 bridgehead atoms. The zero-order valence-corrected chi connectivity index (χ0v) is 7.66. The van der Waals surface area contributed by atoms with Crippen LogP contribution >= 0.6 is 11.3 Å². The average molecular weight is 152 g/mol. The Morgan fingerprint density at radius 2 is 2.10 bits per heavy atom. The summed E-state index contributed by atoms with van der Waals surface area (Å²) in [6, 6.07) is 1.95. The van der Waals surface area contributed by atoms with Crippen LogP contribution in [-0.2, 0) is 6.42 Å². The molecule has 1 rings (SSSR count). The molecule has 0 aromatic carbocycles. The lowest BCUT2D eigenvalue weighted by molar-refractivity contribution is 1.20. The predicted molar refractivity (Wildman–Crippen MR) is 50.4 cm³/mol. The van der Waals surface area contributed by atoms with Crippen molar-refractivity contribution in [3.63, 3.8) is 0 Å². The third-order valence-electron chi connectivity index (χ3n) is 1.10. The van der Waals surface area contributed by atoms with Gasteiger partial charge >= 0.3 is 0 Å². The topological polar surface area (TPSA) is 0 Å². The second kappa shape index (κ2) is 5.54. The van der Waals surface area contributed by atoms with E-state index in [1.54, 1.807) is 11.3 Å². The van der Waals surface area contributed by atoms with Crippen molar-refractivity contribution >= 4 is 24.6 Å². The molecule has 1 aromatic rings. The van der Waals surface area contributed by atoms with Crippen molar-refractivity contribution in [2.75, 3.05) is 0 Å². The maximum atomic E-state index is 5.56. The van der Waals surface area contributed by atoms with Crippen molar-refractivity contribution in [2.24, 2.45) is 0 Å². The SMILES string of the molecule is CC.[B]c1ccsc1CC. The Labute approximate surface area is 68.7 Å². The van der Waals surface area contributed by atoms with Gasteiger partial charge in [0.05, 0.1) is 0 Å². The van der Waals surface area contributed by atoms with Crippen molar-refractivity contribution < 1.29 is 0 Å². The molecule has 0 amide bonds. The van der Waals surface area contributed by atoms with E-state index in [1.807, 2.05) is 25.3 Å². The molecule has 54 valence electrons. The quantitative estimate of drug-likeness (QED) is 0.540. The Hall–Kier alpha value is -0.235. The predicted octanol–water partition coefficient (Wildman–Crippen LogP) is 2.13. The van der Waals surface area contributed by atoms with E-state index in [0.717, 1.165) is 11.9 Å². The highest BCUT2D eigenvalue weighted by Crippen LogP contribution is 2.04. The summed E-state index contributed by atoms with van der Waals surface area (Å²) in [5.41, 5.74) is 0.942. The molecule has 2 heteroatoms. The fraction of sp³-hybridized carbons (Fsp3) is 0.500. The van der Waals surface area contributed by atoms with Gasteiger partial charge in [-0.15, -0.1) is 11.3 Å². The normalized spacial score (nSPS) is 8.30. The molecule has 1 aromatic heterocycles. The third-order valence-corrected chi connectivity index (χ3v) is 2.18. The van der Waals surface area contributed by atoms with Crippen molar-refractivity contribution in [1.82, 2.24) is 0 Å². The summed E-state index contributed by atoms with van der Waals surface area (Å²) in [5.74, 6) is 0. The molecule has 0 aliphatic rings. The summed E-state index contributed by atoms with van der Waals surface area (Å²) in [4.78, 5) is 1.30. The summed E-state index contributed by atoms with van der Waals surface area (Å²) in [5, 5.41) is 2.02. The van der Waals surface area contributed by atoms with Gasteiger partial charge in [-0.1, -0.05) is 32.3 Å². The highest BCUT2D eigenvalue weighted by Gasteiger charge is 1.92. The fourth-order valence-corrected chi connectivity index (χ4v) is 1.39. The zero-order chi connectivity index (χ0) is 7.98. The molecule has 2 radical (unpaired) electrons. The number of aryl methyl sites for hydroxylation is 1. The van der Waals surface area contributed by atoms with Crippen LogP contribution in [0.25, 0.3) is 0 Å². The average Bonchev–Trinajstić information content (AvgIpc) is 2.39. The molecule has 0 N–H and O–H groups in total. The van der Waals surface area contributed by atoms with Crippen molar-refractivity contribution in [1.29, 1.82) is 0 Å². The van der Waals surface area contributed by atoms with Crippen LogP contribution in [0.3, 0.4) is 0 Å². The van der Waals surface area contributed by atoms with Gasteiger partial charge in [0.2, 0.25) is 0 Å². The van der Waals surface area contributed by atoms with Crippen LogP contribution in [0.1, 0.15) is 25.6 Å². The van der Waals surface area contributed by atoms with Crippen molar-refractivity contribution in [2.45, 2.75) is 27.2 Å². The smallest absolute Gasteiger partial charge is 0.115 e. The molecule has 0 nitrogen and oxygen atoms in total. The standard InChI is InChI=1S/C6H7BS.C2H6/c1-2-6-5(7)3-4-8-6;1-2/h3-4H,2H2,1H3;1-2H3. The molecular weight excluding hydrogens is 139 g/mol. The molecule has 0 saturated carbocycles. The van der Waals surface area contributed by atoms with E-state index in [0.29, 0.717) is 0 Å². The zero-order valence-electron chi connectivity index (χ0n) is 6.85. The Morgan fingerprint density at radius 3 is 2.30 bits per heavy atom. The summed E-state index contributed by atoms with van der Waals surface area (Å²) in [6.45, 7) is 6.11. The molecule has 0 unspecified atom stereocenters. The lowest BCUT2D eigenvalue weighted by Crippen LogP contribution is -2.01. The van der Waals surface area contributed by atoms with E-state index in [1.165, 1.54) is 4.88 Å². The molecule has 0 aliphatic carbocycles.